The molecule has 0 aliphatic heterocycles. The first-order chi connectivity index (χ1) is 9.99. The van der Waals surface area contributed by atoms with E-state index in [1.807, 2.05) is 0 Å². The Bertz CT molecular complexity index is 685. The number of nitrogens with one attached hydrogen (secondary N) is 2. The molecule has 1 heterocycles. The van der Waals surface area contributed by atoms with Crippen molar-refractivity contribution < 1.29 is 18.4 Å². The Morgan fingerprint density at radius 1 is 1.33 bits per heavy atom. The molecule has 0 aliphatic rings. The van der Waals surface area contributed by atoms with E-state index >= 15 is 0 Å². The van der Waals surface area contributed by atoms with Crippen LogP contribution in [0.15, 0.2) is 24.4 Å². The standard InChI is InChI=1S/C13H12F2N4O2/c14-7-1-2-10(15)8(5-7)12-9(6-18-19-12)13(21)17-4-3-11(16)20/h1-2,5-6H,3-4H2,(H2,16,20)(H,17,21)(H,18,19). The number of carbonyl (C=O) groups is 2. The molecule has 0 radical (unpaired) electrons. The zero-order valence-corrected chi connectivity index (χ0v) is 10.8. The summed E-state index contributed by atoms with van der Waals surface area (Å²) in [6.07, 6.45) is 1.17. The largest absolute Gasteiger partial charge is 0.370 e. The number of halogens is 2. The summed E-state index contributed by atoms with van der Waals surface area (Å²) < 4.78 is 26.9. The SMILES string of the molecule is NC(=O)CCNC(=O)c1cn[nH]c1-c1cc(F)ccc1F. The van der Waals surface area contributed by atoms with Gasteiger partial charge in [-0.25, -0.2) is 8.78 Å². The molecule has 2 amide bonds. The van der Waals surface area contributed by atoms with Crippen molar-refractivity contribution in [3.63, 3.8) is 0 Å². The Balaban J connectivity index is 2.24. The van der Waals surface area contributed by atoms with Crippen molar-refractivity contribution >= 4 is 11.8 Å². The van der Waals surface area contributed by atoms with Crippen molar-refractivity contribution in [3.05, 3.63) is 41.6 Å². The Hall–Kier alpha value is -2.77. The van der Waals surface area contributed by atoms with E-state index in [2.05, 4.69) is 15.5 Å². The lowest BCUT2D eigenvalue weighted by Gasteiger charge is -2.06. The topological polar surface area (TPSA) is 101 Å². The van der Waals surface area contributed by atoms with Crippen molar-refractivity contribution in [1.29, 1.82) is 0 Å². The second-order valence-corrected chi connectivity index (χ2v) is 4.26. The molecule has 2 aromatic rings. The van der Waals surface area contributed by atoms with Crippen LogP contribution in [0.4, 0.5) is 8.78 Å². The average Bonchev–Trinajstić information content (AvgIpc) is 2.90. The van der Waals surface area contributed by atoms with Gasteiger partial charge >= 0.3 is 0 Å². The number of amides is 2. The molecule has 0 saturated heterocycles. The van der Waals surface area contributed by atoms with E-state index in [9.17, 15) is 18.4 Å². The maximum absolute atomic E-state index is 13.7. The first kappa shape index (κ1) is 14.6. The van der Waals surface area contributed by atoms with Gasteiger partial charge in [-0.05, 0) is 18.2 Å². The molecular weight excluding hydrogens is 282 g/mol. The number of primary amides is 1. The summed E-state index contributed by atoms with van der Waals surface area (Å²) in [4.78, 5) is 22.5. The van der Waals surface area contributed by atoms with Crippen molar-refractivity contribution in [2.45, 2.75) is 6.42 Å². The minimum atomic E-state index is -0.688. The van der Waals surface area contributed by atoms with E-state index in [4.69, 9.17) is 5.73 Å². The molecule has 0 aliphatic carbocycles. The van der Waals surface area contributed by atoms with Crippen molar-refractivity contribution in [1.82, 2.24) is 15.5 Å². The Kier molecular flexibility index (Phi) is 4.27. The molecule has 8 heteroatoms. The van der Waals surface area contributed by atoms with Gasteiger partial charge in [-0.3, -0.25) is 14.7 Å². The lowest BCUT2D eigenvalue weighted by Crippen LogP contribution is -2.28. The molecule has 110 valence electrons. The molecule has 21 heavy (non-hydrogen) atoms. The molecule has 6 nitrogen and oxygen atoms in total. The third-order valence-electron chi connectivity index (χ3n) is 2.74. The molecule has 4 N–H and O–H groups in total. The zero-order chi connectivity index (χ0) is 15.4. The molecule has 0 saturated carbocycles. The van der Waals surface area contributed by atoms with Crippen molar-refractivity contribution in [2.24, 2.45) is 5.73 Å². The summed E-state index contributed by atoms with van der Waals surface area (Å²) in [5.74, 6) is -2.45. The van der Waals surface area contributed by atoms with Crippen LogP contribution in [0.2, 0.25) is 0 Å². The third kappa shape index (κ3) is 3.41. The quantitative estimate of drug-likeness (QED) is 0.765. The Labute approximate surface area is 118 Å². The number of nitrogens with two attached hydrogens (primary N) is 1. The van der Waals surface area contributed by atoms with Crippen LogP contribution in [0.1, 0.15) is 16.8 Å². The monoisotopic (exact) mass is 294 g/mol. The second kappa shape index (κ2) is 6.12. The highest BCUT2D eigenvalue weighted by Crippen LogP contribution is 2.24. The van der Waals surface area contributed by atoms with Crippen LogP contribution < -0.4 is 11.1 Å². The molecular formula is C13H12F2N4O2. The zero-order valence-electron chi connectivity index (χ0n) is 10.8. The summed E-state index contributed by atoms with van der Waals surface area (Å²) >= 11 is 0. The highest BCUT2D eigenvalue weighted by molar-refractivity contribution is 5.99. The number of H-pyrrole nitrogens is 1. The van der Waals surface area contributed by atoms with Gasteiger partial charge in [-0.1, -0.05) is 0 Å². The first-order valence-electron chi connectivity index (χ1n) is 6.04. The number of nitrogens with zero attached hydrogens (tertiary/aromatic N) is 1. The van der Waals surface area contributed by atoms with E-state index in [-0.39, 0.29) is 29.8 Å². The van der Waals surface area contributed by atoms with Gasteiger partial charge in [0.1, 0.15) is 11.6 Å². The van der Waals surface area contributed by atoms with Gasteiger partial charge in [0.15, 0.2) is 0 Å². The Morgan fingerprint density at radius 2 is 2.10 bits per heavy atom. The molecule has 0 unspecified atom stereocenters. The number of benzene rings is 1. The maximum atomic E-state index is 13.7. The summed E-state index contributed by atoms with van der Waals surface area (Å²) in [6, 6.07) is 2.89. The van der Waals surface area contributed by atoms with Gasteiger partial charge in [0, 0.05) is 18.5 Å². The van der Waals surface area contributed by atoms with Gasteiger partial charge < -0.3 is 11.1 Å². The number of carbonyl (C=O) groups excluding carboxylic acids is 2. The number of hydrogen-bond donors (Lipinski definition) is 3. The van der Waals surface area contributed by atoms with Crippen molar-refractivity contribution in [3.8, 4) is 11.3 Å². The summed E-state index contributed by atoms with van der Waals surface area (Å²) in [6.45, 7) is 0.0461. The smallest absolute Gasteiger partial charge is 0.255 e. The fourth-order valence-electron chi connectivity index (χ4n) is 1.75. The van der Waals surface area contributed by atoms with E-state index < -0.39 is 23.4 Å². The van der Waals surface area contributed by atoms with Gasteiger partial charge in [-0.2, -0.15) is 5.10 Å². The van der Waals surface area contributed by atoms with Crippen LogP contribution in [0.3, 0.4) is 0 Å². The van der Waals surface area contributed by atoms with Crippen LogP contribution in [0, 0.1) is 11.6 Å². The number of hydrogen-bond acceptors (Lipinski definition) is 3. The fraction of sp³-hybridized carbons (Fsp3) is 0.154. The lowest BCUT2D eigenvalue weighted by atomic mass is 10.1. The maximum Gasteiger partial charge on any atom is 0.255 e. The van der Waals surface area contributed by atoms with Crippen molar-refractivity contribution in [2.75, 3.05) is 6.54 Å². The predicted molar refractivity (Wildman–Crippen MR) is 70.1 cm³/mol. The minimum absolute atomic E-state index is 0.0206. The predicted octanol–water partition coefficient (Wildman–Crippen LogP) is 0.960. The van der Waals surface area contributed by atoms with Crippen LogP contribution in [-0.2, 0) is 4.79 Å². The Morgan fingerprint density at radius 3 is 2.81 bits per heavy atom. The number of aromatic nitrogens is 2. The average molecular weight is 294 g/mol. The van der Waals surface area contributed by atoms with Crippen LogP contribution >= 0.6 is 0 Å². The van der Waals surface area contributed by atoms with Gasteiger partial charge in [0.25, 0.3) is 5.91 Å². The van der Waals surface area contributed by atoms with E-state index in [1.54, 1.807) is 0 Å². The number of rotatable bonds is 5. The molecule has 2 rings (SSSR count). The van der Waals surface area contributed by atoms with E-state index in [0.29, 0.717) is 0 Å². The minimum Gasteiger partial charge on any atom is -0.370 e. The molecule has 0 bridgehead atoms. The van der Waals surface area contributed by atoms with E-state index in [0.717, 1.165) is 18.2 Å². The van der Waals surface area contributed by atoms with Gasteiger partial charge in [-0.15, -0.1) is 0 Å². The highest BCUT2D eigenvalue weighted by atomic mass is 19.1. The first-order valence-corrected chi connectivity index (χ1v) is 6.04. The molecule has 0 fully saturated rings. The van der Waals surface area contributed by atoms with E-state index in [1.165, 1.54) is 6.20 Å². The van der Waals surface area contributed by atoms with Gasteiger partial charge in [0.2, 0.25) is 5.91 Å². The third-order valence-corrected chi connectivity index (χ3v) is 2.74. The summed E-state index contributed by atoms with van der Waals surface area (Å²) in [5, 5.41) is 8.57. The summed E-state index contributed by atoms with van der Waals surface area (Å²) in [7, 11) is 0. The molecule has 0 atom stereocenters. The van der Waals surface area contributed by atoms with Gasteiger partial charge in [0.05, 0.1) is 17.5 Å². The van der Waals surface area contributed by atoms with Crippen LogP contribution in [-0.4, -0.2) is 28.6 Å². The molecule has 1 aromatic heterocycles. The normalized spacial score (nSPS) is 10.4. The molecule has 1 aromatic carbocycles. The summed E-state index contributed by atoms with van der Waals surface area (Å²) in [5.41, 5.74) is 4.95. The molecule has 0 spiro atoms. The highest BCUT2D eigenvalue weighted by Gasteiger charge is 2.18. The number of aromatic amines is 1. The second-order valence-electron chi connectivity index (χ2n) is 4.26. The fourth-order valence-corrected chi connectivity index (χ4v) is 1.75. The van der Waals surface area contributed by atoms with Crippen LogP contribution in [0.5, 0.6) is 0 Å². The lowest BCUT2D eigenvalue weighted by molar-refractivity contribution is -0.117. The van der Waals surface area contributed by atoms with Crippen LogP contribution in [0.25, 0.3) is 11.3 Å².